The molecule has 10 nitrogen and oxygen atoms in total. The van der Waals surface area contributed by atoms with E-state index < -0.39 is 28.9 Å². The molecule has 6 rings (SSSR count). The molecule has 0 bridgehead atoms. The number of rotatable bonds is 8. The van der Waals surface area contributed by atoms with E-state index in [1.54, 1.807) is 18.3 Å². The molecule has 0 atom stereocenters. The van der Waals surface area contributed by atoms with Crippen LogP contribution in [0.25, 0.3) is 5.65 Å². The number of nitrogens with zero attached hydrogens (tertiary/aromatic N) is 3. The van der Waals surface area contributed by atoms with E-state index in [0.717, 1.165) is 18.9 Å². The third-order valence-electron chi connectivity index (χ3n) is 6.63. The zero-order valence-electron chi connectivity index (χ0n) is 20.4. The molecule has 2 saturated carbocycles. The molecule has 39 heavy (non-hydrogen) atoms. The summed E-state index contributed by atoms with van der Waals surface area (Å²) in [6.45, 7) is 0. The number of imidazole rings is 1. The lowest BCUT2D eigenvalue weighted by Gasteiger charge is -2.16. The predicted molar refractivity (Wildman–Crippen MR) is 136 cm³/mol. The Hall–Kier alpha value is -4.87. The maximum atomic E-state index is 14.8. The fraction of sp³-hybridized carbons (Fsp3) is 0.222. The minimum Gasteiger partial charge on any atom is -0.437 e. The van der Waals surface area contributed by atoms with Crippen LogP contribution >= 0.6 is 0 Å². The zero-order chi connectivity index (χ0) is 27.1. The van der Waals surface area contributed by atoms with Gasteiger partial charge in [0.25, 0.3) is 0 Å². The van der Waals surface area contributed by atoms with Crippen LogP contribution in [0.4, 0.5) is 26.0 Å². The number of nitrogens with one attached hydrogen (secondary N) is 3. The molecule has 0 radical (unpaired) electrons. The highest BCUT2D eigenvalue weighted by molar-refractivity contribution is 6.16. The van der Waals surface area contributed by atoms with Crippen molar-refractivity contribution in [3.05, 3.63) is 72.4 Å². The second kappa shape index (κ2) is 9.46. The summed E-state index contributed by atoms with van der Waals surface area (Å²) < 4.78 is 35.1. The third kappa shape index (κ3) is 5.13. The van der Waals surface area contributed by atoms with Gasteiger partial charge in [-0.05, 0) is 68.1 Å². The number of hydrogen-bond acceptors (Lipinski definition) is 6. The molecule has 0 unspecified atom stereocenters. The van der Waals surface area contributed by atoms with E-state index >= 15 is 0 Å². The summed E-state index contributed by atoms with van der Waals surface area (Å²) in [4.78, 5) is 41.9. The Kier molecular flexibility index (Phi) is 5.93. The van der Waals surface area contributed by atoms with Gasteiger partial charge in [0.1, 0.15) is 22.8 Å². The molecular weight excluding hydrogens is 510 g/mol. The number of halogens is 2. The summed E-state index contributed by atoms with van der Waals surface area (Å²) in [7, 11) is 0. The molecule has 2 aliphatic carbocycles. The van der Waals surface area contributed by atoms with Gasteiger partial charge >= 0.3 is 0 Å². The summed E-state index contributed by atoms with van der Waals surface area (Å²) in [5.74, 6) is -1.74. The molecule has 198 valence electrons. The Labute approximate surface area is 220 Å². The van der Waals surface area contributed by atoms with Crippen molar-refractivity contribution in [3.8, 4) is 11.6 Å². The van der Waals surface area contributed by atoms with Crippen LogP contribution in [-0.2, 0) is 14.4 Å². The first-order valence-corrected chi connectivity index (χ1v) is 12.3. The van der Waals surface area contributed by atoms with E-state index in [4.69, 9.17) is 4.74 Å². The van der Waals surface area contributed by atoms with Crippen molar-refractivity contribution in [2.24, 2.45) is 11.3 Å². The monoisotopic (exact) mass is 532 g/mol. The lowest BCUT2D eigenvalue weighted by atomic mass is 10.0. The van der Waals surface area contributed by atoms with Gasteiger partial charge < -0.3 is 20.7 Å². The largest absolute Gasteiger partial charge is 0.437 e. The number of fused-ring (bicyclic) bond motifs is 1. The summed E-state index contributed by atoms with van der Waals surface area (Å²) in [6, 6.07) is 12.3. The summed E-state index contributed by atoms with van der Waals surface area (Å²) in [5.41, 5.74) is -0.579. The quantitative estimate of drug-likeness (QED) is 0.287. The molecule has 2 heterocycles. The molecule has 2 fully saturated rings. The zero-order valence-corrected chi connectivity index (χ0v) is 20.4. The average molecular weight is 533 g/mol. The van der Waals surface area contributed by atoms with Crippen molar-refractivity contribution in [2.45, 2.75) is 25.7 Å². The standard InChI is InChI=1S/C27H22F2N6O4/c28-16-3-5-17(6-4-16)30-25(37)27(11-12-27)26(38)31-20-8-7-18(13-19(20)29)39-23-10-9-22-32-21(14-35(22)34-23)33-24(36)15-1-2-15/h3-10,13-15H,1-2,11-12H2,(H,30,37)(H,31,38)(H,33,36). The number of anilines is 3. The Morgan fingerprint density at radius 3 is 2.36 bits per heavy atom. The van der Waals surface area contributed by atoms with Gasteiger partial charge in [0, 0.05) is 23.7 Å². The van der Waals surface area contributed by atoms with E-state index in [1.165, 1.54) is 40.9 Å². The highest BCUT2D eigenvalue weighted by atomic mass is 19.1. The van der Waals surface area contributed by atoms with E-state index in [1.807, 2.05) is 0 Å². The maximum Gasteiger partial charge on any atom is 0.240 e. The molecule has 2 aliphatic rings. The van der Waals surface area contributed by atoms with Gasteiger partial charge in [-0.15, -0.1) is 5.10 Å². The molecule has 12 heteroatoms. The molecule has 3 N–H and O–H groups in total. The fourth-order valence-corrected chi connectivity index (χ4v) is 4.04. The summed E-state index contributed by atoms with van der Waals surface area (Å²) >= 11 is 0. The highest BCUT2D eigenvalue weighted by Crippen LogP contribution is 2.47. The van der Waals surface area contributed by atoms with Crippen molar-refractivity contribution >= 4 is 40.6 Å². The van der Waals surface area contributed by atoms with Crippen LogP contribution in [0.15, 0.2) is 60.8 Å². The summed E-state index contributed by atoms with van der Waals surface area (Å²) in [5, 5.41) is 12.1. The van der Waals surface area contributed by atoms with Gasteiger partial charge in [0.15, 0.2) is 11.5 Å². The van der Waals surface area contributed by atoms with Crippen molar-refractivity contribution in [1.29, 1.82) is 0 Å². The average Bonchev–Trinajstić information content (AvgIpc) is 3.83. The molecule has 0 saturated heterocycles. The van der Waals surface area contributed by atoms with E-state index in [-0.39, 0.29) is 29.1 Å². The molecule has 0 aliphatic heterocycles. The minimum absolute atomic E-state index is 0.0395. The first-order valence-electron chi connectivity index (χ1n) is 12.3. The molecule has 2 aromatic carbocycles. The number of amides is 3. The molecule has 3 amide bonds. The second-order valence-corrected chi connectivity index (χ2v) is 9.60. The number of aromatic nitrogens is 3. The third-order valence-corrected chi connectivity index (χ3v) is 6.63. The van der Waals surface area contributed by atoms with Gasteiger partial charge in [-0.3, -0.25) is 14.4 Å². The van der Waals surface area contributed by atoms with E-state index in [2.05, 4.69) is 26.0 Å². The van der Waals surface area contributed by atoms with Crippen LogP contribution in [0.2, 0.25) is 0 Å². The molecule has 4 aromatic rings. The topological polar surface area (TPSA) is 127 Å². The lowest BCUT2D eigenvalue weighted by Crippen LogP contribution is -2.35. The van der Waals surface area contributed by atoms with Crippen LogP contribution in [0.3, 0.4) is 0 Å². The van der Waals surface area contributed by atoms with Crippen molar-refractivity contribution < 1.29 is 27.9 Å². The van der Waals surface area contributed by atoms with Gasteiger partial charge in [0.05, 0.1) is 11.9 Å². The second-order valence-electron chi connectivity index (χ2n) is 9.60. The number of hydrogen-bond donors (Lipinski definition) is 3. The summed E-state index contributed by atoms with van der Waals surface area (Å²) in [6.07, 6.45) is 3.93. The van der Waals surface area contributed by atoms with Gasteiger partial charge in [-0.1, -0.05) is 0 Å². The van der Waals surface area contributed by atoms with Gasteiger partial charge in [0.2, 0.25) is 23.6 Å². The van der Waals surface area contributed by atoms with Crippen molar-refractivity contribution in [2.75, 3.05) is 16.0 Å². The van der Waals surface area contributed by atoms with E-state index in [0.29, 0.717) is 30.0 Å². The number of ether oxygens (including phenoxy) is 1. The Morgan fingerprint density at radius 2 is 1.67 bits per heavy atom. The minimum atomic E-state index is -1.32. The number of carbonyl (C=O) groups excluding carboxylic acids is 3. The number of benzene rings is 2. The molecule has 2 aromatic heterocycles. The van der Waals surface area contributed by atoms with E-state index in [9.17, 15) is 23.2 Å². The maximum absolute atomic E-state index is 14.8. The number of carbonyl (C=O) groups is 3. The SMILES string of the molecule is O=C(Nc1cn2nc(Oc3ccc(NC(=O)C4(C(=O)Nc5ccc(F)cc5)CC4)c(F)c3)ccc2n1)C1CC1. The van der Waals surface area contributed by atoms with Crippen LogP contribution < -0.4 is 20.7 Å². The normalized spacial score (nSPS) is 15.4. The Morgan fingerprint density at radius 1 is 0.923 bits per heavy atom. The molecule has 0 spiro atoms. The first kappa shape index (κ1) is 24.5. The first-order chi connectivity index (χ1) is 18.8. The van der Waals surface area contributed by atoms with Gasteiger partial charge in [-0.2, -0.15) is 0 Å². The van der Waals surface area contributed by atoms with Crippen LogP contribution in [0.5, 0.6) is 11.6 Å². The predicted octanol–water partition coefficient (Wildman–Crippen LogP) is 4.51. The van der Waals surface area contributed by atoms with Gasteiger partial charge in [-0.25, -0.2) is 18.3 Å². The Bertz CT molecular complexity index is 1610. The molecular formula is C27H22F2N6O4. The van der Waals surface area contributed by atoms with Crippen molar-refractivity contribution in [3.63, 3.8) is 0 Å². The van der Waals surface area contributed by atoms with Crippen LogP contribution in [-0.4, -0.2) is 32.3 Å². The Balaban J connectivity index is 1.10. The van der Waals surface area contributed by atoms with Crippen LogP contribution in [0, 0.1) is 23.0 Å². The van der Waals surface area contributed by atoms with Crippen LogP contribution in [0.1, 0.15) is 25.7 Å². The lowest BCUT2D eigenvalue weighted by molar-refractivity contribution is -0.131. The fourth-order valence-electron chi connectivity index (χ4n) is 4.04. The highest BCUT2D eigenvalue weighted by Gasteiger charge is 2.56. The van der Waals surface area contributed by atoms with Crippen molar-refractivity contribution in [1.82, 2.24) is 14.6 Å². The smallest absolute Gasteiger partial charge is 0.240 e.